The molecule has 0 spiro atoms. The number of fused-ring (bicyclic) bond motifs is 1. The predicted octanol–water partition coefficient (Wildman–Crippen LogP) is 2.85. The maximum absolute atomic E-state index is 11.0. The Morgan fingerprint density at radius 2 is 2.14 bits per heavy atom. The fourth-order valence-corrected chi connectivity index (χ4v) is 3.58. The molecule has 1 fully saturated rings. The van der Waals surface area contributed by atoms with E-state index in [-0.39, 0.29) is 5.69 Å². The summed E-state index contributed by atoms with van der Waals surface area (Å²) in [5, 5.41) is 25.9. The number of aromatic nitrogens is 3. The van der Waals surface area contributed by atoms with Gasteiger partial charge in [-0.15, -0.1) is 0 Å². The molecule has 3 heterocycles. The number of nitro groups is 1. The van der Waals surface area contributed by atoms with Crippen LogP contribution in [-0.4, -0.2) is 57.2 Å². The summed E-state index contributed by atoms with van der Waals surface area (Å²) in [6, 6.07) is 9.73. The molecule has 0 saturated carbocycles. The van der Waals surface area contributed by atoms with E-state index in [1.54, 1.807) is 12.3 Å². The zero-order valence-corrected chi connectivity index (χ0v) is 15.5. The number of hydrogen-bond acceptors (Lipinski definition) is 7. The van der Waals surface area contributed by atoms with E-state index in [9.17, 15) is 10.1 Å². The second kappa shape index (κ2) is 8.22. The molecule has 3 N–H and O–H groups in total. The van der Waals surface area contributed by atoms with Gasteiger partial charge in [0.1, 0.15) is 0 Å². The molecule has 0 aliphatic carbocycles. The Hall–Kier alpha value is -3.20. The normalized spacial score (nSPS) is 15.6. The van der Waals surface area contributed by atoms with Crippen LogP contribution in [0.4, 0.5) is 17.2 Å². The number of likely N-dealkylation sites (tertiary alicyclic amines) is 1. The molecule has 1 aromatic carbocycles. The second-order valence-electron chi connectivity index (χ2n) is 6.99. The largest absolute Gasteiger partial charge is 0.382 e. The molecule has 0 bridgehead atoms. The summed E-state index contributed by atoms with van der Waals surface area (Å²) >= 11 is 0. The van der Waals surface area contributed by atoms with Crippen molar-refractivity contribution < 1.29 is 4.92 Å². The Balaban J connectivity index is 1.23. The maximum atomic E-state index is 11.0. The summed E-state index contributed by atoms with van der Waals surface area (Å²) in [6.45, 7) is 3.46. The zero-order valence-electron chi connectivity index (χ0n) is 15.5. The molecule has 0 unspecified atom stereocenters. The maximum Gasteiger partial charge on any atom is 0.311 e. The molecular weight excluding hydrogens is 358 g/mol. The summed E-state index contributed by atoms with van der Waals surface area (Å²) in [5.74, 6) is 0.332. The van der Waals surface area contributed by atoms with Gasteiger partial charge >= 0.3 is 5.69 Å². The Morgan fingerprint density at radius 1 is 1.29 bits per heavy atom. The van der Waals surface area contributed by atoms with Crippen molar-refractivity contribution in [3.05, 3.63) is 52.8 Å². The molecule has 4 rings (SSSR count). The fraction of sp³-hybridized carbons (Fsp3) is 0.368. The molecule has 0 atom stereocenters. The van der Waals surface area contributed by atoms with Crippen molar-refractivity contribution in [2.75, 3.05) is 36.8 Å². The number of benzene rings is 1. The number of hydrogen-bond donors (Lipinski definition) is 3. The van der Waals surface area contributed by atoms with Crippen LogP contribution < -0.4 is 10.6 Å². The lowest BCUT2D eigenvalue weighted by Crippen LogP contribution is -2.41. The molecule has 0 radical (unpaired) electrons. The number of rotatable bonds is 7. The van der Waals surface area contributed by atoms with Gasteiger partial charge in [-0.25, -0.2) is 4.98 Å². The van der Waals surface area contributed by atoms with Crippen LogP contribution in [-0.2, 0) is 0 Å². The first-order valence-electron chi connectivity index (χ1n) is 9.44. The van der Waals surface area contributed by atoms with E-state index in [4.69, 9.17) is 0 Å². The summed E-state index contributed by atoms with van der Waals surface area (Å²) in [6.07, 6.45) is 5.52. The predicted molar refractivity (Wildman–Crippen MR) is 109 cm³/mol. The van der Waals surface area contributed by atoms with E-state index in [0.717, 1.165) is 49.1 Å². The quantitative estimate of drug-likeness (QED) is 0.426. The molecule has 2 aromatic heterocycles. The fourth-order valence-electron chi connectivity index (χ4n) is 3.58. The molecule has 1 aliphatic rings. The minimum atomic E-state index is -0.409. The van der Waals surface area contributed by atoms with Crippen LogP contribution in [0.2, 0.25) is 0 Å². The second-order valence-corrected chi connectivity index (χ2v) is 6.99. The van der Waals surface area contributed by atoms with Gasteiger partial charge in [0.05, 0.1) is 16.6 Å². The number of nitrogens with zero attached hydrogens (tertiary/aromatic N) is 4. The smallest absolute Gasteiger partial charge is 0.311 e. The van der Waals surface area contributed by atoms with E-state index in [2.05, 4.69) is 42.8 Å². The third-order valence-electron chi connectivity index (χ3n) is 5.10. The van der Waals surface area contributed by atoms with Crippen LogP contribution in [0.5, 0.6) is 0 Å². The van der Waals surface area contributed by atoms with E-state index < -0.39 is 4.92 Å². The van der Waals surface area contributed by atoms with Crippen molar-refractivity contribution in [3.63, 3.8) is 0 Å². The number of H-pyrrole nitrogens is 1. The van der Waals surface area contributed by atoms with Gasteiger partial charge in [0, 0.05) is 55.6 Å². The zero-order chi connectivity index (χ0) is 19.3. The standard InChI is InChI=1S/C19H23N7O2/c27-26(28)18-2-1-7-20-19(18)21-8-11-25-9-5-15(6-10-25)23-16-3-4-17-14(12-16)13-22-24-17/h1-4,7,12-13,15,23H,5-6,8-11H2,(H,20,21)(H,22,24). The number of aromatic amines is 1. The summed E-state index contributed by atoms with van der Waals surface area (Å²) in [4.78, 5) is 17.1. The Morgan fingerprint density at radius 3 is 2.96 bits per heavy atom. The lowest BCUT2D eigenvalue weighted by atomic mass is 10.0. The molecule has 9 nitrogen and oxygen atoms in total. The van der Waals surface area contributed by atoms with Crippen LogP contribution in [0.25, 0.3) is 10.9 Å². The van der Waals surface area contributed by atoms with Crippen LogP contribution in [0.3, 0.4) is 0 Å². The molecular formula is C19H23N7O2. The lowest BCUT2D eigenvalue weighted by Gasteiger charge is -2.32. The van der Waals surface area contributed by atoms with E-state index in [0.29, 0.717) is 18.4 Å². The monoisotopic (exact) mass is 381 g/mol. The van der Waals surface area contributed by atoms with E-state index in [1.165, 1.54) is 6.07 Å². The molecule has 3 aromatic rings. The first-order valence-corrected chi connectivity index (χ1v) is 9.44. The van der Waals surface area contributed by atoms with E-state index in [1.807, 2.05) is 12.3 Å². The Bertz CT molecular complexity index is 950. The SMILES string of the molecule is O=[N+]([O-])c1cccnc1NCCN1CCC(Nc2ccc3[nH]ncc3c2)CC1. The van der Waals surface area contributed by atoms with Crippen LogP contribution >= 0.6 is 0 Å². The number of piperidine rings is 1. The third kappa shape index (κ3) is 4.20. The van der Waals surface area contributed by atoms with Gasteiger partial charge in [-0.2, -0.15) is 5.10 Å². The summed E-state index contributed by atoms with van der Waals surface area (Å²) < 4.78 is 0. The van der Waals surface area contributed by atoms with Crippen molar-refractivity contribution in [3.8, 4) is 0 Å². The first-order chi connectivity index (χ1) is 13.7. The minimum Gasteiger partial charge on any atom is -0.382 e. The van der Waals surface area contributed by atoms with Crippen molar-refractivity contribution >= 4 is 28.1 Å². The molecule has 1 aliphatic heterocycles. The van der Waals surface area contributed by atoms with Gasteiger partial charge in [0.2, 0.25) is 5.82 Å². The van der Waals surface area contributed by atoms with Crippen molar-refractivity contribution in [1.29, 1.82) is 0 Å². The highest BCUT2D eigenvalue weighted by molar-refractivity contribution is 5.81. The van der Waals surface area contributed by atoms with Crippen LogP contribution in [0.1, 0.15) is 12.8 Å². The van der Waals surface area contributed by atoms with Gasteiger partial charge in [-0.05, 0) is 37.1 Å². The van der Waals surface area contributed by atoms with Gasteiger partial charge < -0.3 is 15.5 Å². The average Bonchev–Trinajstić information content (AvgIpc) is 3.17. The van der Waals surface area contributed by atoms with Crippen LogP contribution in [0, 0.1) is 10.1 Å². The van der Waals surface area contributed by atoms with Gasteiger partial charge in [-0.1, -0.05) is 0 Å². The van der Waals surface area contributed by atoms with Crippen molar-refractivity contribution in [1.82, 2.24) is 20.1 Å². The molecule has 1 saturated heterocycles. The molecule has 0 amide bonds. The van der Waals surface area contributed by atoms with Gasteiger partial charge in [-0.3, -0.25) is 15.2 Å². The Kier molecular flexibility index (Phi) is 5.34. The number of pyridine rings is 1. The first kappa shape index (κ1) is 18.2. The highest BCUT2D eigenvalue weighted by Crippen LogP contribution is 2.22. The van der Waals surface area contributed by atoms with Crippen molar-refractivity contribution in [2.45, 2.75) is 18.9 Å². The third-order valence-corrected chi connectivity index (χ3v) is 5.10. The number of anilines is 2. The lowest BCUT2D eigenvalue weighted by molar-refractivity contribution is -0.384. The average molecular weight is 381 g/mol. The topological polar surface area (TPSA) is 112 Å². The van der Waals surface area contributed by atoms with Crippen LogP contribution in [0.15, 0.2) is 42.7 Å². The van der Waals surface area contributed by atoms with Gasteiger partial charge in [0.25, 0.3) is 0 Å². The highest BCUT2D eigenvalue weighted by atomic mass is 16.6. The summed E-state index contributed by atoms with van der Waals surface area (Å²) in [5.41, 5.74) is 2.18. The number of nitrogens with one attached hydrogen (secondary N) is 3. The molecule has 146 valence electrons. The molecule has 28 heavy (non-hydrogen) atoms. The van der Waals surface area contributed by atoms with E-state index >= 15 is 0 Å². The van der Waals surface area contributed by atoms with Crippen molar-refractivity contribution in [2.24, 2.45) is 0 Å². The highest BCUT2D eigenvalue weighted by Gasteiger charge is 2.19. The van der Waals surface area contributed by atoms with Gasteiger partial charge in [0.15, 0.2) is 0 Å². The summed E-state index contributed by atoms with van der Waals surface area (Å²) in [7, 11) is 0. The minimum absolute atomic E-state index is 0.0139. The molecule has 9 heteroatoms. The Labute approximate surface area is 162 Å².